The normalized spacial score (nSPS) is 11.4. The van der Waals surface area contributed by atoms with Gasteiger partial charge in [-0.05, 0) is 32.0 Å². The summed E-state index contributed by atoms with van der Waals surface area (Å²) in [6, 6.07) is 8.28. The third kappa shape index (κ3) is 1.21. The second-order valence-electron chi connectivity index (χ2n) is 3.94. The number of aryl methyl sites for hydroxylation is 2. The van der Waals surface area contributed by atoms with Gasteiger partial charge < -0.3 is 4.57 Å². The number of hydrogen-bond donors (Lipinski definition) is 0. The Kier molecular flexibility index (Phi) is 1.93. The number of fused-ring (bicyclic) bond motifs is 2. The van der Waals surface area contributed by atoms with Gasteiger partial charge in [-0.25, -0.2) is 4.98 Å². The Labute approximate surface area is 93.7 Å². The second-order valence-corrected chi connectivity index (χ2v) is 3.94. The molecule has 0 fully saturated rings. The van der Waals surface area contributed by atoms with Crippen LogP contribution in [0.4, 0.5) is 0 Å². The Hall–Kier alpha value is -1.90. The zero-order valence-corrected chi connectivity index (χ0v) is 9.44. The third-order valence-corrected chi connectivity index (χ3v) is 2.98. The lowest BCUT2D eigenvalue weighted by molar-refractivity contribution is 0.753. The predicted molar refractivity (Wildman–Crippen MR) is 65.4 cm³/mol. The molecular weight excluding hydrogens is 198 g/mol. The van der Waals surface area contributed by atoms with E-state index >= 15 is 0 Å². The van der Waals surface area contributed by atoms with Crippen LogP contribution in [0.2, 0.25) is 0 Å². The van der Waals surface area contributed by atoms with Gasteiger partial charge in [0.05, 0.1) is 16.6 Å². The van der Waals surface area contributed by atoms with Gasteiger partial charge in [-0.15, -0.1) is 0 Å². The molecule has 0 spiro atoms. The zero-order valence-electron chi connectivity index (χ0n) is 9.44. The summed E-state index contributed by atoms with van der Waals surface area (Å²) >= 11 is 0. The number of imidazole rings is 1. The summed E-state index contributed by atoms with van der Waals surface area (Å²) in [5.74, 6) is 1.06. The molecule has 80 valence electrons. The SMILES string of the molecule is CCn1c(C)nc2cc3ncccc3cc21. The molecule has 16 heavy (non-hydrogen) atoms. The summed E-state index contributed by atoms with van der Waals surface area (Å²) in [4.78, 5) is 8.90. The van der Waals surface area contributed by atoms with E-state index in [2.05, 4.69) is 39.7 Å². The average molecular weight is 211 g/mol. The highest BCUT2D eigenvalue weighted by Crippen LogP contribution is 2.21. The van der Waals surface area contributed by atoms with Crippen molar-refractivity contribution in [3.05, 3.63) is 36.3 Å². The first-order chi connectivity index (χ1) is 7.79. The number of benzene rings is 1. The molecule has 0 aliphatic carbocycles. The Morgan fingerprint density at radius 1 is 1.25 bits per heavy atom. The molecule has 0 bridgehead atoms. The van der Waals surface area contributed by atoms with E-state index in [0.717, 1.165) is 23.4 Å². The van der Waals surface area contributed by atoms with Crippen LogP contribution < -0.4 is 0 Å². The highest BCUT2D eigenvalue weighted by atomic mass is 15.1. The summed E-state index contributed by atoms with van der Waals surface area (Å²) in [6.07, 6.45) is 1.82. The quantitative estimate of drug-likeness (QED) is 0.619. The van der Waals surface area contributed by atoms with Crippen LogP contribution in [0.3, 0.4) is 0 Å². The van der Waals surface area contributed by atoms with Gasteiger partial charge in [-0.3, -0.25) is 4.98 Å². The average Bonchev–Trinajstić information content (AvgIpc) is 2.60. The molecule has 0 saturated heterocycles. The Bertz CT molecular complexity index is 667. The molecule has 0 aliphatic heterocycles. The van der Waals surface area contributed by atoms with E-state index in [1.54, 1.807) is 0 Å². The number of nitrogens with zero attached hydrogens (tertiary/aromatic N) is 3. The van der Waals surface area contributed by atoms with Crippen molar-refractivity contribution in [2.24, 2.45) is 0 Å². The standard InChI is InChI=1S/C13H13N3/c1-3-16-9(2)15-12-8-11-10(7-13(12)16)5-4-6-14-11/h4-8H,3H2,1-2H3. The number of pyridine rings is 1. The maximum absolute atomic E-state index is 4.56. The van der Waals surface area contributed by atoms with Crippen molar-refractivity contribution in [2.45, 2.75) is 20.4 Å². The molecule has 0 radical (unpaired) electrons. The number of hydrogen-bond acceptors (Lipinski definition) is 2. The molecule has 3 heteroatoms. The van der Waals surface area contributed by atoms with E-state index in [1.165, 1.54) is 10.9 Å². The van der Waals surface area contributed by atoms with Crippen LogP contribution in [0.5, 0.6) is 0 Å². The van der Waals surface area contributed by atoms with E-state index in [9.17, 15) is 0 Å². The van der Waals surface area contributed by atoms with Crippen molar-refractivity contribution < 1.29 is 0 Å². The summed E-state index contributed by atoms with van der Waals surface area (Å²) in [6.45, 7) is 5.14. The molecule has 3 nitrogen and oxygen atoms in total. The number of aromatic nitrogens is 3. The molecule has 0 atom stereocenters. The fourth-order valence-electron chi connectivity index (χ4n) is 2.21. The van der Waals surface area contributed by atoms with Crippen LogP contribution in [-0.2, 0) is 6.54 Å². The molecule has 3 aromatic rings. The van der Waals surface area contributed by atoms with E-state index in [0.29, 0.717) is 0 Å². The van der Waals surface area contributed by atoms with Crippen LogP contribution in [0.15, 0.2) is 30.5 Å². The van der Waals surface area contributed by atoms with E-state index in [4.69, 9.17) is 0 Å². The van der Waals surface area contributed by atoms with Gasteiger partial charge >= 0.3 is 0 Å². The van der Waals surface area contributed by atoms with E-state index < -0.39 is 0 Å². The first kappa shape index (κ1) is 9.33. The van der Waals surface area contributed by atoms with Crippen molar-refractivity contribution in [3.8, 4) is 0 Å². The fourth-order valence-corrected chi connectivity index (χ4v) is 2.21. The predicted octanol–water partition coefficient (Wildman–Crippen LogP) is 2.91. The summed E-state index contributed by atoms with van der Waals surface area (Å²) < 4.78 is 2.22. The molecule has 0 unspecified atom stereocenters. The smallest absolute Gasteiger partial charge is 0.106 e. The number of rotatable bonds is 1. The molecule has 3 rings (SSSR count). The fraction of sp³-hybridized carbons (Fsp3) is 0.231. The van der Waals surface area contributed by atoms with Gasteiger partial charge in [0.15, 0.2) is 0 Å². The largest absolute Gasteiger partial charge is 0.328 e. The van der Waals surface area contributed by atoms with Crippen molar-refractivity contribution in [1.29, 1.82) is 0 Å². The van der Waals surface area contributed by atoms with Crippen LogP contribution in [0, 0.1) is 6.92 Å². The molecular formula is C13H13N3. The van der Waals surface area contributed by atoms with Crippen LogP contribution >= 0.6 is 0 Å². The first-order valence-corrected chi connectivity index (χ1v) is 5.51. The van der Waals surface area contributed by atoms with Crippen molar-refractivity contribution in [3.63, 3.8) is 0 Å². The molecule has 0 saturated carbocycles. The summed E-state index contributed by atoms with van der Waals surface area (Å²) in [5, 5.41) is 1.17. The Morgan fingerprint density at radius 3 is 2.94 bits per heavy atom. The summed E-state index contributed by atoms with van der Waals surface area (Å²) in [7, 11) is 0. The van der Waals surface area contributed by atoms with Gasteiger partial charge in [0, 0.05) is 18.1 Å². The lowest BCUT2D eigenvalue weighted by Crippen LogP contribution is -1.96. The third-order valence-electron chi connectivity index (χ3n) is 2.98. The van der Waals surface area contributed by atoms with Gasteiger partial charge in [0.1, 0.15) is 5.82 Å². The molecule has 0 N–H and O–H groups in total. The van der Waals surface area contributed by atoms with Gasteiger partial charge in [0.2, 0.25) is 0 Å². The maximum atomic E-state index is 4.56. The minimum Gasteiger partial charge on any atom is -0.328 e. The lowest BCUT2D eigenvalue weighted by Gasteiger charge is -2.02. The minimum absolute atomic E-state index is 0.952. The first-order valence-electron chi connectivity index (χ1n) is 5.51. The highest BCUT2D eigenvalue weighted by Gasteiger charge is 2.07. The molecule has 2 aromatic heterocycles. The van der Waals surface area contributed by atoms with Crippen molar-refractivity contribution >= 4 is 21.9 Å². The van der Waals surface area contributed by atoms with E-state index in [1.807, 2.05) is 19.2 Å². The zero-order chi connectivity index (χ0) is 11.1. The minimum atomic E-state index is 0.952. The van der Waals surface area contributed by atoms with Crippen LogP contribution in [-0.4, -0.2) is 14.5 Å². The molecule has 0 amide bonds. The maximum Gasteiger partial charge on any atom is 0.106 e. The van der Waals surface area contributed by atoms with Gasteiger partial charge in [-0.2, -0.15) is 0 Å². The van der Waals surface area contributed by atoms with Gasteiger partial charge in [-0.1, -0.05) is 6.07 Å². The molecule has 1 aromatic carbocycles. The second kappa shape index (κ2) is 3.30. The monoisotopic (exact) mass is 211 g/mol. The Balaban J connectivity index is 2.46. The highest BCUT2D eigenvalue weighted by molar-refractivity contribution is 5.93. The lowest BCUT2D eigenvalue weighted by atomic mass is 10.2. The van der Waals surface area contributed by atoms with Gasteiger partial charge in [0.25, 0.3) is 0 Å². The van der Waals surface area contributed by atoms with E-state index in [-0.39, 0.29) is 0 Å². The molecule has 0 aliphatic rings. The van der Waals surface area contributed by atoms with Crippen LogP contribution in [0.1, 0.15) is 12.7 Å². The van der Waals surface area contributed by atoms with Crippen molar-refractivity contribution in [1.82, 2.24) is 14.5 Å². The van der Waals surface area contributed by atoms with Crippen LogP contribution in [0.25, 0.3) is 21.9 Å². The summed E-state index contributed by atoms with van der Waals surface area (Å²) in [5.41, 5.74) is 3.24. The topological polar surface area (TPSA) is 30.7 Å². The molecule has 2 heterocycles. The Morgan fingerprint density at radius 2 is 2.12 bits per heavy atom. The van der Waals surface area contributed by atoms with Crippen molar-refractivity contribution in [2.75, 3.05) is 0 Å².